The van der Waals surface area contributed by atoms with Crippen LogP contribution in [0, 0.1) is 6.92 Å². The van der Waals surface area contributed by atoms with Crippen molar-refractivity contribution in [1.29, 1.82) is 0 Å². The Labute approximate surface area is 88.3 Å². The molecule has 0 aliphatic heterocycles. The summed E-state index contributed by atoms with van der Waals surface area (Å²) in [6.45, 7) is 1.97. The molecule has 14 heavy (non-hydrogen) atoms. The van der Waals surface area contributed by atoms with E-state index in [4.69, 9.17) is 11.6 Å². The van der Waals surface area contributed by atoms with Crippen molar-refractivity contribution >= 4 is 22.6 Å². The molecule has 0 aliphatic carbocycles. The number of fused-ring (bicyclic) bond motifs is 1. The largest absolute Gasteiger partial charge is 0.342 e. The summed E-state index contributed by atoms with van der Waals surface area (Å²) in [6.07, 6.45) is 2.07. The van der Waals surface area contributed by atoms with Crippen LogP contribution in [0.4, 0.5) is 0 Å². The van der Waals surface area contributed by atoms with Gasteiger partial charge in [0.15, 0.2) is 0 Å². The van der Waals surface area contributed by atoms with Crippen LogP contribution in [-0.2, 0) is 6.42 Å². The Morgan fingerprint density at radius 2 is 2.29 bits per heavy atom. The zero-order valence-corrected chi connectivity index (χ0v) is 8.93. The fraction of sp³-hybridized carbons (Fsp3) is 0.364. The van der Waals surface area contributed by atoms with Gasteiger partial charge >= 0.3 is 0 Å². The average Bonchev–Trinajstić information content (AvgIpc) is 2.54. The molecular formula is C11H13ClN2. The van der Waals surface area contributed by atoms with E-state index < -0.39 is 0 Å². The van der Waals surface area contributed by atoms with Gasteiger partial charge in [-0.15, -0.1) is 11.6 Å². The van der Waals surface area contributed by atoms with Crippen LogP contribution >= 0.6 is 11.6 Å². The molecule has 0 amide bonds. The van der Waals surface area contributed by atoms with Gasteiger partial charge < -0.3 is 4.98 Å². The first-order valence-corrected chi connectivity index (χ1v) is 5.34. The van der Waals surface area contributed by atoms with E-state index in [-0.39, 0.29) is 0 Å². The molecule has 1 aromatic carbocycles. The smallest absolute Gasteiger partial charge is 0.104 e. The quantitative estimate of drug-likeness (QED) is 0.772. The molecule has 2 rings (SSSR count). The fourth-order valence-electron chi connectivity index (χ4n) is 1.61. The van der Waals surface area contributed by atoms with Crippen molar-refractivity contribution in [2.75, 3.05) is 5.88 Å². The zero-order valence-electron chi connectivity index (χ0n) is 8.18. The zero-order chi connectivity index (χ0) is 9.97. The highest BCUT2D eigenvalue weighted by molar-refractivity contribution is 6.17. The maximum Gasteiger partial charge on any atom is 0.104 e. The molecule has 1 N–H and O–H groups in total. The van der Waals surface area contributed by atoms with Crippen LogP contribution in [0.3, 0.4) is 0 Å². The molecule has 0 bridgehead atoms. The van der Waals surface area contributed by atoms with E-state index in [1.807, 2.05) is 6.92 Å². The second-order valence-corrected chi connectivity index (χ2v) is 3.84. The third-order valence-corrected chi connectivity index (χ3v) is 2.53. The van der Waals surface area contributed by atoms with Crippen molar-refractivity contribution in [2.45, 2.75) is 19.8 Å². The van der Waals surface area contributed by atoms with Crippen LogP contribution in [0.15, 0.2) is 18.2 Å². The Kier molecular flexibility index (Phi) is 2.73. The Balaban J connectivity index is 2.31. The Hall–Kier alpha value is -1.02. The SMILES string of the molecule is Cc1nc2ccc(CCCCl)cc2[nH]1. The first kappa shape index (κ1) is 9.53. The summed E-state index contributed by atoms with van der Waals surface area (Å²) in [4.78, 5) is 7.58. The van der Waals surface area contributed by atoms with Gasteiger partial charge in [0.25, 0.3) is 0 Å². The molecule has 3 heteroatoms. The Morgan fingerprint density at radius 3 is 3.07 bits per heavy atom. The third-order valence-electron chi connectivity index (χ3n) is 2.26. The minimum atomic E-state index is 0.722. The van der Waals surface area contributed by atoms with Gasteiger partial charge in [-0.25, -0.2) is 4.98 Å². The summed E-state index contributed by atoms with van der Waals surface area (Å²) < 4.78 is 0. The van der Waals surface area contributed by atoms with Crippen molar-refractivity contribution in [3.63, 3.8) is 0 Å². The summed E-state index contributed by atoms with van der Waals surface area (Å²) in [5, 5.41) is 0. The summed E-state index contributed by atoms with van der Waals surface area (Å²) in [7, 11) is 0. The lowest BCUT2D eigenvalue weighted by atomic mass is 10.1. The highest BCUT2D eigenvalue weighted by Crippen LogP contribution is 2.14. The molecule has 0 radical (unpaired) electrons. The number of aryl methyl sites for hydroxylation is 2. The van der Waals surface area contributed by atoms with Crippen molar-refractivity contribution < 1.29 is 0 Å². The van der Waals surface area contributed by atoms with E-state index in [0.717, 1.165) is 35.6 Å². The lowest BCUT2D eigenvalue weighted by molar-refractivity contribution is 0.930. The van der Waals surface area contributed by atoms with Gasteiger partial charge in [0.05, 0.1) is 11.0 Å². The molecular weight excluding hydrogens is 196 g/mol. The van der Waals surface area contributed by atoms with Crippen LogP contribution in [0.5, 0.6) is 0 Å². The number of hydrogen-bond acceptors (Lipinski definition) is 1. The van der Waals surface area contributed by atoms with Crippen LogP contribution < -0.4 is 0 Å². The van der Waals surface area contributed by atoms with E-state index in [9.17, 15) is 0 Å². The molecule has 0 unspecified atom stereocenters. The number of nitrogens with one attached hydrogen (secondary N) is 1. The number of nitrogens with zero attached hydrogens (tertiary/aromatic N) is 1. The van der Waals surface area contributed by atoms with Gasteiger partial charge in [0.2, 0.25) is 0 Å². The molecule has 0 atom stereocenters. The molecule has 1 heterocycles. The maximum absolute atomic E-state index is 5.65. The number of aromatic nitrogens is 2. The van der Waals surface area contributed by atoms with Crippen molar-refractivity contribution in [2.24, 2.45) is 0 Å². The number of rotatable bonds is 3. The van der Waals surface area contributed by atoms with Crippen LogP contribution in [0.2, 0.25) is 0 Å². The molecule has 2 aromatic rings. The van der Waals surface area contributed by atoms with E-state index >= 15 is 0 Å². The number of benzene rings is 1. The molecule has 0 saturated heterocycles. The highest BCUT2D eigenvalue weighted by Gasteiger charge is 2.00. The predicted octanol–water partition coefficient (Wildman–Crippen LogP) is 3.04. The lowest BCUT2D eigenvalue weighted by Crippen LogP contribution is -1.85. The number of halogens is 1. The van der Waals surface area contributed by atoms with Gasteiger partial charge in [0, 0.05) is 5.88 Å². The van der Waals surface area contributed by atoms with Gasteiger partial charge in [0.1, 0.15) is 5.82 Å². The van der Waals surface area contributed by atoms with Crippen molar-refractivity contribution in [3.05, 3.63) is 29.6 Å². The van der Waals surface area contributed by atoms with E-state index in [1.165, 1.54) is 5.56 Å². The van der Waals surface area contributed by atoms with Crippen LogP contribution in [-0.4, -0.2) is 15.8 Å². The number of alkyl halides is 1. The highest BCUT2D eigenvalue weighted by atomic mass is 35.5. The Bertz CT molecular complexity index is 434. The third kappa shape index (κ3) is 1.90. The topological polar surface area (TPSA) is 28.7 Å². The summed E-state index contributed by atoms with van der Waals surface area (Å²) in [6, 6.07) is 6.33. The van der Waals surface area contributed by atoms with Gasteiger partial charge in [-0.05, 0) is 37.5 Å². The van der Waals surface area contributed by atoms with Gasteiger partial charge in [-0.3, -0.25) is 0 Å². The van der Waals surface area contributed by atoms with E-state index in [0.29, 0.717) is 0 Å². The molecule has 0 fully saturated rings. The van der Waals surface area contributed by atoms with Crippen LogP contribution in [0.1, 0.15) is 17.8 Å². The van der Waals surface area contributed by atoms with Crippen LogP contribution in [0.25, 0.3) is 11.0 Å². The standard InChI is InChI=1S/C11H13ClN2/c1-8-13-10-5-4-9(3-2-6-12)7-11(10)14-8/h4-5,7H,2-3,6H2,1H3,(H,13,14). The average molecular weight is 209 g/mol. The summed E-state index contributed by atoms with van der Waals surface area (Å²) in [5.74, 6) is 1.69. The summed E-state index contributed by atoms with van der Waals surface area (Å²) >= 11 is 5.65. The molecule has 0 aliphatic rings. The second-order valence-electron chi connectivity index (χ2n) is 3.47. The van der Waals surface area contributed by atoms with Gasteiger partial charge in [-0.2, -0.15) is 0 Å². The number of imidazole rings is 1. The van der Waals surface area contributed by atoms with Crippen molar-refractivity contribution in [3.8, 4) is 0 Å². The fourth-order valence-corrected chi connectivity index (χ4v) is 1.74. The molecule has 1 aromatic heterocycles. The minimum Gasteiger partial charge on any atom is -0.342 e. The first-order chi connectivity index (χ1) is 6.79. The molecule has 74 valence electrons. The number of hydrogen-bond donors (Lipinski definition) is 1. The van der Waals surface area contributed by atoms with E-state index in [1.54, 1.807) is 0 Å². The molecule has 2 nitrogen and oxygen atoms in total. The first-order valence-electron chi connectivity index (χ1n) is 4.81. The Morgan fingerprint density at radius 1 is 1.43 bits per heavy atom. The molecule has 0 spiro atoms. The van der Waals surface area contributed by atoms with Crippen molar-refractivity contribution in [1.82, 2.24) is 9.97 Å². The normalized spacial score (nSPS) is 11.0. The summed E-state index contributed by atoms with van der Waals surface area (Å²) in [5.41, 5.74) is 3.48. The predicted molar refractivity (Wildman–Crippen MR) is 59.9 cm³/mol. The lowest BCUT2D eigenvalue weighted by Gasteiger charge is -1.98. The van der Waals surface area contributed by atoms with E-state index in [2.05, 4.69) is 28.2 Å². The number of H-pyrrole nitrogens is 1. The minimum absolute atomic E-state index is 0.722. The maximum atomic E-state index is 5.65. The van der Waals surface area contributed by atoms with Gasteiger partial charge in [-0.1, -0.05) is 6.07 Å². The second kappa shape index (κ2) is 4.01. The molecule has 0 saturated carbocycles. The number of aromatic amines is 1. The monoisotopic (exact) mass is 208 g/mol.